The first-order valence-electron chi connectivity index (χ1n) is 6.85. The van der Waals surface area contributed by atoms with Crippen molar-refractivity contribution < 1.29 is 19.0 Å². The summed E-state index contributed by atoms with van der Waals surface area (Å²) in [6, 6.07) is 4.22. The van der Waals surface area contributed by atoms with Gasteiger partial charge in [-0.05, 0) is 32.0 Å². The van der Waals surface area contributed by atoms with E-state index in [9.17, 15) is 9.18 Å². The first kappa shape index (κ1) is 15.5. The Morgan fingerprint density at radius 3 is 2.67 bits per heavy atom. The summed E-state index contributed by atoms with van der Waals surface area (Å²) in [6.45, 7) is 4.40. The third kappa shape index (κ3) is 3.81. The van der Waals surface area contributed by atoms with Gasteiger partial charge in [0.05, 0.1) is 17.8 Å². The molecule has 1 aromatic carbocycles. The summed E-state index contributed by atoms with van der Waals surface area (Å²) >= 11 is 0. The number of halogens is 1. The maximum Gasteiger partial charge on any atom is 0.257 e. The molecule has 1 saturated heterocycles. The topological polar surface area (TPSA) is 49.8 Å². The van der Waals surface area contributed by atoms with Crippen molar-refractivity contribution in [3.05, 3.63) is 35.1 Å². The molecule has 1 amide bonds. The first-order chi connectivity index (χ1) is 10.0. The van der Waals surface area contributed by atoms with Crippen LogP contribution in [0.4, 0.5) is 4.39 Å². The number of hydrogen-bond acceptors (Lipinski definition) is 3. The van der Waals surface area contributed by atoms with E-state index in [0.717, 1.165) is 0 Å². The number of hydrogen-bond donors (Lipinski definition) is 1. The maximum atomic E-state index is 14.1. The molecule has 0 spiro atoms. The van der Waals surface area contributed by atoms with Crippen molar-refractivity contribution in [1.82, 2.24) is 4.90 Å². The lowest BCUT2D eigenvalue weighted by molar-refractivity contribution is -0.0587. The lowest BCUT2D eigenvalue weighted by Crippen LogP contribution is -2.48. The summed E-state index contributed by atoms with van der Waals surface area (Å²) in [5.74, 6) is 4.12. The molecule has 1 fully saturated rings. The SMILES string of the molecule is CC1CN(C(=O)c2ccc(C#CCO)cc2F)CC(C)O1. The monoisotopic (exact) mass is 291 g/mol. The molecule has 1 N–H and O–H groups in total. The van der Waals surface area contributed by atoms with Gasteiger partial charge in [0.15, 0.2) is 0 Å². The molecular formula is C16H18FNO3. The van der Waals surface area contributed by atoms with Crippen LogP contribution in [0.2, 0.25) is 0 Å². The molecular weight excluding hydrogens is 273 g/mol. The van der Waals surface area contributed by atoms with Crippen molar-refractivity contribution in [3.63, 3.8) is 0 Å². The van der Waals surface area contributed by atoms with E-state index in [1.165, 1.54) is 12.1 Å². The Kier molecular flexibility index (Phi) is 4.94. The molecule has 5 heteroatoms. The van der Waals surface area contributed by atoms with Crippen molar-refractivity contribution in [2.45, 2.75) is 26.1 Å². The van der Waals surface area contributed by atoms with Crippen molar-refractivity contribution in [1.29, 1.82) is 0 Å². The Labute approximate surface area is 123 Å². The van der Waals surface area contributed by atoms with Gasteiger partial charge in [0.1, 0.15) is 12.4 Å². The van der Waals surface area contributed by atoms with Gasteiger partial charge < -0.3 is 14.7 Å². The number of morpholine rings is 1. The number of ether oxygens (including phenoxy) is 1. The average molecular weight is 291 g/mol. The third-order valence-electron chi connectivity index (χ3n) is 3.22. The number of amides is 1. The van der Waals surface area contributed by atoms with E-state index in [-0.39, 0.29) is 30.3 Å². The molecule has 0 saturated carbocycles. The Balaban J connectivity index is 2.19. The summed E-state index contributed by atoms with van der Waals surface area (Å²) in [4.78, 5) is 14.0. The quantitative estimate of drug-likeness (QED) is 0.796. The van der Waals surface area contributed by atoms with Crippen molar-refractivity contribution >= 4 is 5.91 Å². The van der Waals surface area contributed by atoms with Gasteiger partial charge in [0.25, 0.3) is 5.91 Å². The van der Waals surface area contributed by atoms with Gasteiger partial charge in [-0.1, -0.05) is 11.8 Å². The summed E-state index contributed by atoms with van der Waals surface area (Å²) < 4.78 is 19.6. The summed E-state index contributed by atoms with van der Waals surface area (Å²) in [6.07, 6.45) is -0.120. The number of aliphatic hydroxyl groups excluding tert-OH is 1. The number of carbonyl (C=O) groups is 1. The molecule has 0 bridgehead atoms. The zero-order valence-corrected chi connectivity index (χ0v) is 12.1. The molecule has 1 aliphatic heterocycles. The molecule has 0 aromatic heterocycles. The molecule has 2 unspecified atom stereocenters. The van der Waals surface area contributed by atoms with Crippen LogP contribution in [0.5, 0.6) is 0 Å². The van der Waals surface area contributed by atoms with Crippen LogP contribution >= 0.6 is 0 Å². The summed E-state index contributed by atoms with van der Waals surface area (Å²) in [7, 11) is 0. The molecule has 21 heavy (non-hydrogen) atoms. The zero-order valence-electron chi connectivity index (χ0n) is 12.1. The van der Waals surface area contributed by atoms with E-state index >= 15 is 0 Å². The molecule has 0 aliphatic carbocycles. The summed E-state index contributed by atoms with van der Waals surface area (Å²) in [5.41, 5.74) is 0.465. The minimum atomic E-state index is -0.600. The minimum Gasteiger partial charge on any atom is -0.384 e. The number of nitrogens with zero attached hydrogens (tertiary/aromatic N) is 1. The van der Waals surface area contributed by atoms with E-state index in [1.807, 2.05) is 13.8 Å². The normalized spacial score (nSPS) is 21.6. The third-order valence-corrected chi connectivity index (χ3v) is 3.22. The maximum absolute atomic E-state index is 14.1. The van der Waals surface area contributed by atoms with Crippen LogP contribution in [0.25, 0.3) is 0 Å². The van der Waals surface area contributed by atoms with Crippen LogP contribution in [-0.4, -0.2) is 47.8 Å². The van der Waals surface area contributed by atoms with Crippen LogP contribution in [0.3, 0.4) is 0 Å². The fourth-order valence-corrected chi connectivity index (χ4v) is 2.42. The molecule has 2 atom stereocenters. The van der Waals surface area contributed by atoms with Crippen LogP contribution in [-0.2, 0) is 4.74 Å². The van der Waals surface area contributed by atoms with E-state index in [1.54, 1.807) is 11.0 Å². The Bertz CT molecular complexity index is 581. The second-order valence-corrected chi connectivity index (χ2v) is 5.12. The Hall–Kier alpha value is -1.90. The van der Waals surface area contributed by atoms with Gasteiger partial charge in [0.2, 0.25) is 0 Å². The van der Waals surface area contributed by atoms with E-state index < -0.39 is 5.82 Å². The van der Waals surface area contributed by atoms with Gasteiger partial charge in [-0.2, -0.15) is 0 Å². The lowest BCUT2D eigenvalue weighted by atomic mass is 10.1. The molecule has 2 rings (SSSR count). The van der Waals surface area contributed by atoms with Crippen LogP contribution < -0.4 is 0 Å². The zero-order chi connectivity index (χ0) is 15.4. The van der Waals surface area contributed by atoms with Gasteiger partial charge in [0, 0.05) is 18.7 Å². The Morgan fingerprint density at radius 1 is 1.43 bits per heavy atom. The van der Waals surface area contributed by atoms with E-state index in [4.69, 9.17) is 9.84 Å². The number of aliphatic hydroxyl groups is 1. The lowest BCUT2D eigenvalue weighted by Gasteiger charge is -2.35. The highest BCUT2D eigenvalue weighted by Gasteiger charge is 2.27. The highest BCUT2D eigenvalue weighted by atomic mass is 19.1. The van der Waals surface area contributed by atoms with Gasteiger partial charge in [-0.25, -0.2) is 4.39 Å². The largest absolute Gasteiger partial charge is 0.384 e. The Morgan fingerprint density at radius 2 is 2.10 bits per heavy atom. The van der Waals surface area contributed by atoms with Crippen LogP contribution in [0.1, 0.15) is 29.8 Å². The second kappa shape index (κ2) is 6.70. The fourth-order valence-electron chi connectivity index (χ4n) is 2.42. The van der Waals surface area contributed by atoms with Crippen molar-refractivity contribution in [3.8, 4) is 11.8 Å². The van der Waals surface area contributed by atoms with Crippen LogP contribution in [0.15, 0.2) is 18.2 Å². The van der Waals surface area contributed by atoms with Gasteiger partial charge in [-0.3, -0.25) is 4.79 Å². The van der Waals surface area contributed by atoms with Crippen molar-refractivity contribution in [2.24, 2.45) is 0 Å². The average Bonchev–Trinajstić information content (AvgIpc) is 2.43. The number of benzene rings is 1. The molecule has 4 nitrogen and oxygen atoms in total. The summed E-state index contributed by atoms with van der Waals surface area (Å²) in [5, 5.41) is 8.62. The minimum absolute atomic E-state index is 0.0332. The van der Waals surface area contributed by atoms with Gasteiger partial charge in [-0.15, -0.1) is 0 Å². The standard InChI is InChI=1S/C16H18FNO3/c1-11-9-18(10-12(2)21-11)16(20)14-6-5-13(4-3-7-19)8-15(14)17/h5-6,8,11-12,19H,7,9-10H2,1-2H3. The fraction of sp³-hybridized carbons (Fsp3) is 0.438. The van der Waals surface area contributed by atoms with Crippen molar-refractivity contribution in [2.75, 3.05) is 19.7 Å². The number of rotatable bonds is 1. The highest BCUT2D eigenvalue weighted by Crippen LogP contribution is 2.17. The molecule has 1 aromatic rings. The molecule has 0 radical (unpaired) electrons. The molecule has 1 heterocycles. The highest BCUT2D eigenvalue weighted by molar-refractivity contribution is 5.94. The van der Waals surface area contributed by atoms with E-state index in [0.29, 0.717) is 18.7 Å². The second-order valence-electron chi connectivity index (χ2n) is 5.12. The van der Waals surface area contributed by atoms with Crippen LogP contribution in [0, 0.1) is 17.7 Å². The predicted octanol–water partition coefficient (Wildman–Crippen LogP) is 1.42. The molecule has 112 valence electrons. The molecule has 1 aliphatic rings. The predicted molar refractivity (Wildman–Crippen MR) is 76.3 cm³/mol. The van der Waals surface area contributed by atoms with Gasteiger partial charge >= 0.3 is 0 Å². The van der Waals surface area contributed by atoms with E-state index in [2.05, 4.69) is 11.8 Å². The first-order valence-corrected chi connectivity index (χ1v) is 6.85. The number of carbonyl (C=O) groups excluding carboxylic acids is 1. The smallest absolute Gasteiger partial charge is 0.257 e.